The Labute approximate surface area is 147 Å². The van der Waals surface area contributed by atoms with Gasteiger partial charge in [0, 0.05) is 43.9 Å². The third-order valence-electron chi connectivity index (χ3n) is 4.61. The van der Waals surface area contributed by atoms with Crippen molar-refractivity contribution < 1.29 is 19.2 Å². The Balaban J connectivity index is 1.82. The second-order valence-electron chi connectivity index (χ2n) is 6.97. The quantitative estimate of drug-likeness (QED) is 0.666. The molecule has 1 aromatic rings. The minimum atomic E-state index is -0.0543. The summed E-state index contributed by atoms with van der Waals surface area (Å²) in [6.07, 6.45) is 4.58. The number of aliphatic imine (C=N–C) groups is 1. The maximum Gasteiger partial charge on any atom is 0.168 e. The maximum absolute atomic E-state index is 12.3. The molecule has 25 heavy (non-hydrogen) atoms. The zero-order chi connectivity index (χ0) is 18.0. The summed E-state index contributed by atoms with van der Waals surface area (Å²) in [7, 11) is 0. The second-order valence-corrected chi connectivity index (χ2v) is 6.97. The molecule has 0 unspecified atom stereocenters. The van der Waals surface area contributed by atoms with Gasteiger partial charge in [-0.15, -0.1) is 0 Å². The van der Waals surface area contributed by atoms with Crippen LogP contribution >= 0.6 is 0 Å². The molecule has 6 heteroatoms. The van der Waals surface area contributed by atoms with Crippen LogP contribution in [0.2, 0.25) is 0 Å². The van der Waals surface area contributed by atoms with E-state index in [2.05, 4.69) is 10.1 Å². The van der Waals surface area contributed by atoms with Gasteiger partial charge in [0.25, 0.3) is 0 Å². The lowest BCUT2D eigenvalue weighted by atomic mass is 9.88. The van der Waals surface area contributed by atoms with E-state index >= 15 is 0 Å². The van der Waals surface area contributed by atoms with Crippen molar-refractivity contribution in [2.24, 2.45) is 4.99 Å². The molecule has 1 fully saturated rings. The molecule has 1 saturated carbocycles. The van der Waals surface area contributed by atoms with E-state index in [9.17, 15) is 14.7 Å². The third kappa shape index (κ3) is 3.72. The number of ketones is 2. The standard InChI is InChI=1S/C19H24N2O4/c1-11(2)20-12-5-3-6-14(22)18(12)16(24)10-9-13-19-15(23)7-4-8-17(19)25-21-13/h11,24H,3-10H2,1-2H3. The van der Waals surface area contributed by atoms with Crippen LogP contribution in [-0.4, -0.2) is 33.6 Å². The van der Waals surface area contributed by atoms with E-state index < -0.39 is 0 Å². The molecule has 0 spiro atoms. The van der Waals surface area contributed by atoms with Crippen LogP contribution in [0.1, 0.15) is 74.2 Å². The Bertz CT molecular complexity index is 755. The Morgan fingerprint density at radius 2 is 1.88 bits per heavy atom. The van der Waals surface area contributed by atoms with E-state index in [1.165, 1.54) is 0 Å². The number of allylic oxidation sites excluding steroid dienone is 2. The molecule has 134 valence electrons. The first-order valence-electron chi connectivity index (χ1n) is 9.00. The molecule has 1 N–H and O–H groups in total. The van der Waals surface area contributed by atoms with E-state index in [-0.39, 0.29) is 29.8 Å². The highest BCUT2D eigenvalue weighted by atomic mass is 16.5. The number of Topliss-reactive ketones (excluding diaryl/α,β-unsaturated/α-hetero) is 2. The lowest BCUT2D eigenvalue weighted by Crippen LogP contribution is -2.22. The van der Waals surface area contributed by atoms with Crippen molar-refractivity contribution in [3.8, 4) is 0 Å². The van der Waals surface area contributed by atoms with E-state index in [0.717, 1.165) is 19.3 Å². The molecule has 1 aromatic heterocycles. The average molecular weight is 344 g/mol. The first kappa shape index (κ1) is 17.6. The van der Waals surface area contributed by atoms with Crippen molar-refractivity contribution in [1.82, 2.24) is 5.16 Å². The summed E-state index contributed by atoms with van der Waals surface area (Å²) in [6.45, 7) is 3.90. The molecule has 0 atom stereocenters. The first-order valence-corrected chi connectivity index (χ1v) is 9.00. The zero-order valence-electron chi connectivity index (χ0n) is 14.8. The maximum atomic E-state index is 12.3. The van der Waals surface area contributed by atoms with Crippen molar-refractivity contribution in [3.05, 3.63) is 28.3 Å². The first-order chi connectivity index (χ1) is 12.0. The summed E-state index contributed by atoms with van der Waals surface area (Å²) in [5, 5.41) is 14.5. The number of fused-ring (bicyclic) bond motifs is 1. The van der Waals surface area contributed by atoms with E-state index in [1.54, 1.807) is 0 Å². The van der Waals surface area contributed by atoms with Crippen LogP contribution in [0.4, 0.5) is 0 Å². The Kier molecular flexibility index (Phi) is 5.16. The van der Waals surface area contributed by atoms with Gasteiger partial charge in [-0.25, -0.2) is 0 Å². The van der Waals surface area contributed by atoms with E-state index in [0.29, 0.717) is 54.0 Å². The molecule has 1 heterocycles. The normalized spacial score (nSPS) is 21.8. The molecule has 2 aliphatic rings. The van der Waals surface area contributed by atoms with Crippen LogP contribution in [0.15, 0.2) is 20.8 Å². The van der Waals surface area contributed by atoms with Gasteiger partial charge in [-0.3, -0.25) is 14.6 Å². The lowest BCUT2D eigenvalue weighted by Gasteiger charge is -2.18. The number of hydrogen-bond donors (Lipinski definition) is 1. The molecule has 0 aromatic carbocycles. The minimum absolute atomic E-state index is 0.0455. The summed E-state index contributed by atoms with van der Waals surface area (Å²) < 4.78 is 5.27. The molecule has 0 amide bonds. The van der Waals surface area contributed by atoms with Crippen LogP contribution in [0.3, 0.4) is 0 Å². The fourth-order valence-electron chi connectivity index (χ4n) is 3.51. The number of carbonyl (C=O) groups is 2. The van der Waals surface area contributed by atoms with Gasteiger partial charge < -0.3 is 9.63 Å². The predicted octanol–water partition coefficient (Wildman–Crippen LogP) is 3.54. The van der Waals surface area contributed by atoms with Crippen molar-refractivity contribution in [2.75, 3.05) is 0 Å². The summed E-state index contributed by atoms with van der Waals surface area (Å²) in [4.78, 5) is 28.9. The molecule has 0 radical (unpaired) electrons. The van der Waals surface area contributed by atoms with Gasteiger partial charge in [0.15, 0.2) is 11.6 Å². The average Bonchev–Trinajstić information content (AvgIpc) is 2.97. The van der Waals surface area contributed by atoms with Crippen LogP contribution < -0.4 is 0 Å². The van der Waals surface area contributed by atoms with Gasteiger partial charge in [0.05, 0.1) is 16.8 Å². The third-order valence-corrected chi connectivity index (χ3v) is 4.61. The fourth-order valence-corrected chi connectivity index (χ4v) is 3.51. The van der Waals surface area contributed by atoms with Gasteiger partial charge >= 0.3 is 0 Å². The topological polar surface area (TPSA) is 92.8 Å². The molecule has 3 rings (SSSR count). The zero-order valence-corrected chi connectivity index (χ0v) is 14.8. The number of hydrogen-bond acceptors (Lipinski definition) is 6. The number of nitrogens with zero attached hydrogens (tertiary/aromatic N) is 2. The van der Waals surface area contributed by atoms with E-state index in [4.69, 9.17) is 4.52 Å². The predicted molar refractivity (Wildman–Crippen MR) is 93.2 cm³/mol. The molecular formula is C19H24N2O4. The summed E-state index contributed by atoms with van der Waals surface area (Å²) >= 11 is 0. The molecular weight excluding hydrogens is 320 g/mol. The van der Waals surface area contributed by atoms with Crippen LogP contribution in [0.5, 0.6) is 0 Å². The smallest absolute Gasteiger partial charge is 0.168 e. The summed E-state index contributed by atoms with van der Waals surface area (Å²) in [5.74, 6) is 0.695. The highest BCUT2D eigenvalue weighted by Gasteiger charge is 2.28. The number of aliphatic hydroxyl groups excluding tert-OH is 1. The second kappa shape index (κ2) is 7.33. The van der Waals surface area contributed by atoms with Gasteiger partial charge in [-0.05, 0) is 33.1 Å². The fraction of sp³-hybridized carbons (Fsp3) is 0.579. The number of carbonyl (C=O) groups excluding carboxylic acids is 2. The van der Waals surface area contributed by atoms with Gasteiger partial charge in [-0.2, -0.15) is 0 Å². The van der Waals surface area contributed by atoms with Crippen molar-refractivity contribution in [1.29, 1.82) is 0 Å². The van der Waals surface area contributed by atoms with Crippen LogP contribution in [0, 0.1) is 0 Å². The number of aryl methyl sites for hydroxylation is 2. The SMILES string of the molecule is CC(C)N=C1CCCC(=O)C1=C(O)CCc1noc2c1C(=O)CCC2. The van der Waals surface area contributed by atoms with Gasteiger partial charge in [0.2, 0.25) is 0 Å². The van der Waals surface area contributed by atoms with E-state index in [1.807, 2.05) is 13.8 Å². The van der Waals surface area contributed by atoms with Crippen LogP contribution in [0.25, 0.3) is 0 Å². The van der Waals surface area contributed by atoms with Gasteiger partial charge in [-0.1, -0.05) is 5.16 Å². The number of aliphatic hydroxyl groups is 1. The van der Waals surface area contributed by atoms with Crippen molar-refractivity contribution >= 4 is 17.3 Å². The molecule has 2 aliphatic carbocycles. The Morgan fingerprint density at radius 1 is 1.16 bits per heavy atom. The van der Waals surface area contributed by atoms with Crippen molar-refractivity contribution in [3.63, 3.8) is 0 Å². The van der Waals surface area contributed by atoms with Crippen LogP contribution in [-0.2, 0) is 17.6 Å². The largest absolute Gasteiger partial charge is 0.511 e. The lowest BCUT2D eigenvalue weighted by molar-refractivity contribution is -0.115. The molecule has 0 aliphatic heterocycles. The van der Waals surface area contributed by atoms with Crippen molar-refractivity contribution in [2.45, 2.75) is 71.3 Å². The Hall–Kier alpha value is -2.24. The number of rotatable bonds is 4. The molecule has 6 nitrogen and oxygen atoms in total. The highest BCUT2D eigenvalue weighted by Crippen LogP contribution is 2.27. The monoisotopic (exact) mass is 344 g/mol. The Morgan fingerprint density at radius 3 is 2.64 bits per heavy atom. The molecule has 0 bridgehead atoms. The van der Waals surface area contributed by atoms with Gasteiger partial charge in [0.1, 0.15) is 11.5 Å². The summed E-state index contributed by atoms with van der Waals surface area (Å²) in [5.41, 5.74) is 2.22. The minimum Gasteiger partial charge on any atom is -0.511 e. The highest BCUT2D eigenvalue weighted by molar-refractivity contribution is 6.24. The molecule has 0 saturated heterocycles. The summed E-state index contributed by atoms with van der Waals surface area (Å²) in [6, 6.07) is 0.0730. The number of aromatic nitrogens is 1.